The molecule has 1 N–H and O–H groups in total. The summed E-state index contributed by atoms with van der Waals surface area (Å²) in [7, 11) is 0. The van der Waals surface area contributed by atoms with Crippen LogP contribution in [0.2, 0.25) is 0 Å². The van der Waals surface area contributed by atoms with E-state index in [-0.39, 0.29) is 0 Å². The highest BCUT2D eigenvalue weighted by Gasteiger charge is 2.50. The van der Waals surface area contributed by atoms with Crippen LogP contribution < -0.4 is 0 Å². The Morgan fingerprint density at radius 3 is 2.20 bits per heavy atom. The van der Waals surface area contributed by atoms with Gasteiger partial charge in [-0.1, -0.05) is 55.5 Å². The molecule has 0 radical (unpaired) electrons. The number of hydrogen-bond donors (Lipinski definition) is 1. The van der Waals surface area contributed by atoms with Crippen molar-refractivity contribution in [2.24, 2.45) is 0 Å². The molecule has 1 saturated heterocycles. The van der Waals surface area contributed by atoms with Gasteiger partial charge in [0.15, 0.2) is 18.4 Å². The van der Waals surface area contributed by atoms with E-state index < -0.39 is 36.5 Å². The van der Waals surface area contributed by atoms with Crippen molar-refractivity contribution in [2.45, 2.75) is 37.9 Å². The third-order valence-electron chi connectivity index (χ3n) is 5.87. The van der Waals surface area contributed by atoms with Gasteiger partial charge in [-0.05, 0) is 30.7 Å². The Kier molecular flexibility index (Phi) is 6.39. The monoisotopic (exact) mass is 490 g/mol. The summed E-state index contributed by atoms with van der Waals surface area (Å²) in [6, 6.07) is 17.3. The van der Waals surface area contributed by atoms with E-state index in [1.54, 1.807) is 65.6 Å². The second-order valence-corrected chi connectivity index (χ2v) is 8.44. The zero-order valence-electron chi connectivity index (χ0n) is 18.7. The van der Waals surface area contributed by atoms with Gasteiger partial charge in [-0.25, -0.2) is 14.6 Å². The maximum Gasteiger partial charge on any atom is 0.338 e. The van der Waals surface area contributed by atoms with Crippen LogP contribution in [0.25, 0.3) is 11.0 Å². The molecular weight excluding hydrogens is 468 g/mol. The van der Waals surface area contributed by atoms with Crippen molar-refractivity contribution in [1.82, 2.24) is 19.7 Å². The molecule has 4 unspecified atom stereocenters. The van der Waals surface area contributed by atoms with Crippen molar-refractivity contribution in [3.05, 3.63) is 89.0 Å². The number of hydrogen-bond acceptors (Lipinski definition) is 8. The number of nitrogens with zero attached hydrogens (tertiary/aromatic N) is 3. The summed E-state index contributed by atoms with van der Waals surface area (Å²) >= 11 is 5.30. The van der Waals surface area contributed by atoms with Gasteiger partial charge in [0.1, 0.15) is 16.3 Å². The SMILES string of the molecule is CCC1OC(n2cnc3c(=S)[nH]ncc32)C(OC(=O)c2ccccc2)C1OC(=O)c1ccccc1. The molecular formula is C25H22N4O5S. The van der Waals surface area contributed by atoms with Crippen LogP contribution in [0.15, 0.2) is 73.2 Å². The number of benzene rings is 2. The first kappa shape index (κ1) is 22.9. The minimum Gasteiger partial charge on any atom is -0.452 e. The predicted octanol–water partition coefficient (Wildman–Crippen LogP) is 4.25. The average molecular weight is 491 g/mol. The van der Waals surface area contributed by atoms with Crippen molar-refractivity contribution in [3.8, 4) is 0 Å². The van der Waals surface area contributed by atoms with Crippen molar-refractivity contribution >= 4 is 35.2 Å². The number of H-pyrrole nitrogens is 1. The highest BCUT2D eigenvalue weighted by Crippen LogP contribution is 2.37. The molecule has 10 heteroatoms. The van der Waals surface area contributed by atoms with Crippen molar-refractivity contribution in [2.75, 3.05) is 0 Å². The van der Waals surface area contributed by atoms with E-state index in [1.807, 2.05) is 19.1 Å². The number of aromatic nitrogens is 4. The number of carbonyl (C=O) groups excluding carboxylic acids is 2. The van der Waals surface area contributed by atoms with E-state index in [0.29, 0.717) is 33.2 Å². The van der Waals surface area contributed by atoms with E-state index in [4.69, 9.17) is 26.4 Å². The normalized spacial score (nSPS) is 21.6. The Labute approximate surface area is 205 Å². The third-order valence-corrected chi connectivity index (χ3v) is 6.15. The summed E-state index contributed by atoms with van der Waals surface area (Å²) in [5.41, 5.74) is 1.90. The van der Waals surface area contributed by atoms with Gasteiger partial charge in [0.2, 0.25) is 0 Å². The Morgan fingerprint density at radius 1 is 1.00 bits per heavy atom. The molecule has 5 rings (SSSR count). The first-order chi connectivity index (χ1) is 17.1. The number of nitrogens with one attached hydrogen (secondary N) is 1. The molecule has 0 bridgehead atoms. The third kappa shape index (κ3) is 4.45. The van der Waals surface area contributed by atoms with Crippen LogP contribution in [0.4, 0.5) is 0 Å². The maximum absolute atomic E-state index is 13.1. The highest BCUT2D eigenvalue weighted by molar-refractivity contribution is 7.71. The van der Waals surface area contributed by atoms with E-state index in [1.165, 1.54) is 0 Å². The smallest absolute Gasteiger partial charge is 0.338 e. The lowest BCUT2D eigenvalue weighted by molar-refractivity contribution is -0.0487. The largest absolute Gasteiger partial charge is 0.452 e. The van der Waals surface area contributed by atoms with E-state index >= 15 is 0 Å². The highest BCUT2D eigenvalue weighted by atomic mass is 32.1. The number of carbonyl (C=O) groups is 2. The summed E-state index contributed by atoms with van der Waals surface area (Å²) in [6.45, 7) is 1.91. The molecule has 3 heterocycles. The summed E-state index contributed by atoms with van der Waals surface area (Å²) < 4.78 is 20.2. The molecule has 2 aromatic carbocycles. The van der Waals surface area contributed by atoms with Crippen LogP contribution in [-0.4, -0.2) is 50.0 Å². The van der Waals surface area contributed by atoms with Gasteiger partial charge in [-0.2, -0.15) is 5.10 Å². The molecule has 4 aromatic rings. The lowest BCUT2D eigenvalue weighted by Gasteiger charge is -2.25. The van der Waals surface area contributed by atoms with E-state index in [2.05, 4.69) is 15.2 Å². The fourth-order valence-corrected chi connectivity index (χ4v) is 4.35. The molecule has 9 nitrogen and oxygen atoms in total. The van der Waals surface area contributed by atoms with Gasteiger partial charge in [0.25, 0.3) is 0 Å². The minimum atomic E-state index is -0.949. The molecule has 0 spiro atoms. The average Bonchev–Trinajstić information content (AvgIpc) is 3.47. The van der Waals surface area contributed by atoms with Crippen molar-refractivity contribution in [1.29, 1.82) is 0 Å². The first-order valence-corrected chi connectivity index (χ1v) is 11.6. The summed E-state index contributed by atoms with van der Waals surface area (Å²) in [5.74, 6) is -1.08. The number of aromatic amines is 1. The molecule has 1 aliphatic heterocycles. The van der Waals surface area contributed by atoms with Crippen LogP contribution in [0.1, 0.15) is 40.3 Å². The molecule has 0 aliphatic carbocycles. The van der Waals surface area contributed by atoms with Crippen LogP contribution >= 0.6 is 12.2 Å². The predicted molar refractivity (Wildman–Crippen MR) is 128 cm³/mol. The zero-order chi connectivity index (χ0) is 24.4. The second-order valence-electron chi connectivity index (χ2n) is 8.03. The number of fused-ring (bicyclic) bond motifs is 1. The maximum atomic E-state index is 13.1. The lowest BCUT2D eigenvalue weighted by atomic mass is 10.1. The minimum absolute atomic E-state index is 0.371. The number of imidazole rings is 1. The van der Waals surface area contributed by atoms with Gasteiger partial charge in [-0.15, -0.1) is 0 Å². The van der Waals surface area contributed by atoms with E-state index in [9.17, 15) is 9.59 Å². The number of esters is 2. The van der Waals surface area contributed by atoms with Crippen LogP contribution in [-0.2, 0) is 14.2 Å². The van der Waals surface area contributed by atoms with Crippen molar-refractivity contribution < 1.29 is 23.8 Å². The molecule has 4 atom stereocenters. The quantitative estimate of drug-likeness (QED) is 0.316. The lowest BCUT2D eigenvalue weighted by Crippen LogP contribution is -2.39. The van der Waals surface area contributed by atoms with Crippen LogP contribution in [0.3, 0.4) is 0 Å². The van der Waals surface area contributed by atoms with Gasteiger partial charge < -0.3 is 14.2 Å². The first-order valence-electron chi connectivity index (χ1n) is 11.1. The summed E-state index contributed by atoms with van der Waals surface area (Å²) in [4.78, 5) is 30.4. The summed E-state index contributed by atoms with van der Waals surface area (Å²) in [6.07, 6.45) is 0.507. The molecule has 35 heavy (non-hydrogen) atoms. The van der Waals surface area contributed by atoms with Gasteiger partial charge in [0, 0.05) is 0 Å². The molecule has 2 aromatic heterocycles. The van der Waals surface area contributed by atoms with Gasteiger partial charge >= 0.3 is 11.9 Å². The van der Waals surface area contributed by atoms with Crippen LogP contribution in [0, 0.1) is 4.64 Å². The Bertz CT molecular complexity index is 1410. The molecule has 0 amide bonds. The Balaban J connectivity index is 1.53. The Morgan fingerprint density at radius 2 is 1.60 bits per heavy atom. The van der Waals surface area contributed by atoms with Crippen molar-refractivity contribution in [3.63, 3.8) is 0 Å². The second kappa shape index (κ2) is 9.77. The van der Waals surface area contributed by atoms with Gasteiger partial charge in [-0.3, -0.25) is 9.67 Å². The summed E-state index contributed by atoms with van der Waals surface area (Å²) in [5, 5.41) is 6.77. The van der Waals surface area contributed by atoms with E-state index in [0.717, 1.165) is 0 Å². The topological polar surface area (TPSA) is 108 Å². The number of ether oxygens (including phenoxy) is 3. The fourth-order valence-electron chi connectivity index (χ4n) is 4.14. The molecule has 1 aliphatic rings. The van der Waals surface area contributed by atoms with Gasteiger partial charge in [0.05, 0.1) is 29.2 Å². The van der Waals surface area contributed by atoms with Crippen LogP contribution in [0.5, 0.6) is 0 Å². The molecule has 1 fully saturated rings. The standard InChI is InChI=1S/C25H22N4O5S/c1-2-18-20(33-24(30)15-9-5-3-6-10-15)21(34-25(31)16-11-7-4-8-12-16)23(32-18)29-14-26-19-17(29)13-27-28-22(19)35/h3-14,18,20-21,23H,2H2,1H3,(H,28,35). The molecule has 0 saturated carbocycles. The number of rotatable bonds is 6. The Hall–Kier alpha value is -3.89. The molecule has 178 valence electrons. The fraction of sp³-hybridized carbons (Fsp3) is 0.240. The zero-order valence-corrected chi connectivity index (χ0v) is 19.6.